The van der Waals surface area contributed by atoms with E-state index in [4.69, 9.17) is 0 Å². The van der Waals surface area contributed by atoms with Crippen molar-refractivity contribution in [3.8, 4) is 0 Å². The molecule has 2 aliphatic rings. The smallest absolute Gasteiger partial charge is 0.0326 e. The number of hydrogen-bond donors (Lipinski definition) is 0. The van der Waals surface area contributed by atoms with Gasteiger partial charge < -0.3 is 0 Å². The first-order chi connectivity index (χ1) is 11.2. The molecule has 0 N–H and O–H groups in total. The highest BCUT2D eigenvalue weighted by molar-refractivity contribution is 4.86. The van der Waals surface area contributed by atoms with Crippen LogP contribution in [0.2, 0.25) is 0 Å². The van der Waals surface area contributed by atoms with E-state index in [-0.39, 0.29) is 0 Å². The van der Waals surface area contributed by atoms with E-state index in [0.29, 0.717) is 5.41 Å². The molecular weight excluding hydrogens is 276 g/mol. The van der Waals surface area contributed by atoms with Crippen LogP contribution in [0, 0.1) is 23.2 Å². The Morgan fingerprint density at radius 2 is 1.30 bits per heavy atom. The van der Waals surface area contributed by atoms with Crippen molar-refractivity contribution in [2.24, 2.45) is 23.2 Å². The fourth-order valence-electron chi connectivity index (χ4n) is 5.57. The van der Waals surface area contributed by atoms with Crippen LogP contribution < -0.4 is 0 Å². The number of rotatable bonds is 9. The molecule has 136 valence electrons. The Balaban J connectivity index is 1.63. The van der Waals surface area contributed by atoms with Crippen molar-refractivity contribution in [1.82, 2.24) is 0 Å². The van der Waals surface area contributed by atoms with E-state index >= 15 is 0 Å². The van der Waals surface area contributed by atoms with E-state index in [1.54, 1.807) is 38.5 Å². The summed E-state index contributed by atoms with van der Waals surface area (Å²) in [6.45, 7) is 7.27. The zero-order chi connectivity index (χ0) is 16.5. The van der Waals surface area contributed by atoms with Gasteiger partial charge in [-0.15, -0.1) is 0 Å². The molecule has 0 heterocycles. The van der Waals surface area contributed by atoms with Gasteiger partial charge in [-0.3, -0.25) is 0 Å². The van der Waals surface area contributed by atoms with Gasteiger partial charge in [0.1, 0.15) is 0 Å². The van der Waals surface area contributed by atoms with Crippen molar-refractivity contribution in [3.63, 3.8) is 0 Å². The highest BCUT2D eigenvalue weighted by Crippen LogP contribution is 2.47. The number of unbranched alkanes of at least 4 members (excludes halogenated alkanes) is 4. The Labute approximate surface area is 147 Å². The molecule has 23 heavy (non-hydrogen) atoms. The molecule has 0 amide bonds. The van der Waals surface area contributed by atoms with Crippen LogP contribution in [-0.2, 0) is 0 Å². The minimum atomic E-state index is 0.697. The first-order valence-corrected chi connectivity index (χ1v) is 11.2. The van der Waals surface area contributed by atoms with Crippen molar-refractivity contribution in [2.75, 3.05) is 0 Å². The van der Waals surface area contributed by atoms with Gasteiger partial charge in [-0.1, -0.05) is 78.6 Å². The van der Waals surface area contributed by atoms with E-state index in [9.17, 15) is 0 Å². The van der Waals surface area contributed by atoms with Crippen LogP contribution in [0.15, 0.2) is 0 Å². The van der Waals surface area contributed by atoms with E-state index in [1.165, 1.54) is 64.2 Å². The lowest BCUT2D eigenvalue weighted by Gasteiger charge is -2.42. The largest absolute Gasteiger partial charge is 0.0654 e. The van der Waals surface area contributed by atoms with Crippen molar-refractivity contribution in [3.05, 3.63) is 0 Å². The van der Waals surface area contributed by atoms with E-state index in [2.05, 4.69) is 20.8 Å². The Kier molecular flexibility index (Phi) is 8.48. The monoisotopic (exact) mass is 320 g/mol. The Hall–Kier alpha value is 0. The third-order valence-electron chi connectivity index (χ3n) is 7.38. The van der Waals surface area contributed by atoms with Crippen molar-refractivity contribution >= 4 is 0 Å². The predicted molar refractivity (Wildman–Crippen MR) is 104 cm³/mol. The third kappa shape index (κ3) is 6.43. The van der Waals surface area contributed by atoms with Crippen LogP contribution in [0.5, 0.6) is 0 Å². The zero-order valence-electron chi connectivity index (χ0n) is 16.5. The van der Waals surface area contributed by atoms with Crippen molar-refractivity contribution in [2.45, 2.75) is 124 Å². The lowest BCUT2D eigenvalue weighted by atomic mass is 9.63. The summed E-state index contributed by atoms with van der Waals surface area (Å²) in [6.07, 6.45) is 24.0. The van der Waals surface area contributed by atoms with Gasteiger partial charge in [0.2, 0.25) is 0 Å². The second-order valence-corrected chi connectivity index (χ2v) is 9.38. The molecule has 0 saturated heterocycles. The number of hydrogen-bond acceptors (Lipinski definition) is 0. The molecule has 2 rings (SSSR count). The van der Waals surface area contributed by atoms with E-state index in [0.717, 1.165) is 17.8 Å². The fraction of sp³-hybridized carbons (Fsp3) is 1.00. The second kappa shape index (κ2) is 10.1. The molecule has 2 aliphatic carbocycles. The summed E-state index contributed by atoms with van der Waals surface area (Å²) in [5.74, 6) is 3.26. The van der Waals surface area contributed by atoms with Gasteiger partial charge in [-0.05, 0) is 68.1 Å². The molecule has 0 aromatic heterocycles. The minimum Gasteiger partial charge on any atom is -0.0654 e. The van der Waals surface area contributed by atoms with Crippen molar-refractivity contribution < 1.29 is 0 Å². The van der Waals surface area contributed by atoms with Gasteiger partial charge in [0.05, 0.1) is 0 Å². The molecule has 0 aliphatic heterocycles. The quantitative estimate of drug-likeness (QED) is 0.376. The molecule has 0 atom stereocenters. The van der Waals surface area contributed by atoms with Crippen LogP contribution >= 0.6 is 0 Å². The first-order valence-electron chi connectivity index (χ1n) is 11.2. The Morgan fingerprint density at radius 3 is 1.91 bits per heavy atom. The lowest BCUT2D eigenvalue weighted by Crippen LogP contribution is -2.30. The first kappa shape index (κ1) is 19.3. The normalized spacial score (nSPS) is 35.3. The molecule has 2 saturated carbocycles. The van der Waals surface area contributed by atoms with Crippen LogP contribution in [0.25, 0.3) is 0 Å². The topological polar surface area (TPSA) is 0 Å². The van der Waals surface area contributed by atoms with Gasteiger partial charge in [-0.2, -0.15) is 0 Å². The average molecular weight is 321 g/mol. The van der Waals surface area contributed by atoms with Crippen LogP contribution in [0.3, 0.4) is 0 Å². The summed E-state index contributed by atoms with van der Waals surface area (Å²) in [5.41, 5.74) is 0.697. The summed E-state index contributed by atoms with van der Waals surface area (Å²) in [5, 5.41) is 0. The third-order valence-corrected chi connectivity index (χ3v) is 7.38. The Morgan fingerprint density at radius 1 is 0.696 bits per heavy atom. The maximum absolute atomic E-state index is 2.60. The van der Waals surface area contributed by atoms with Gasteiger partial charge in [-0.25, -0.2) is 0 Å². The van der Waals surface area contributed by atoms with E-state index in [1.807, 2.05) is 0 Å². The van der Waals surface area contributed by atoms with Gasteiger partial charge in [0, 0.05) is 0 Å². The van der Waals surface area contributed by atoms with Crippen molar-refractivity contribution in [1.29, 1.82) is 0 Å². The molecule has 0 unspecified atom stereocenters. The van der Waals surface area contributed by atoms with Crippen LogP contribution in [-0.4, -0.2) is 0 Å². The summed E-state index contributed by atoms with van der Waals surface area (Å²) in [4.78, 5) is 0. The highest BCUT2D eigenvalue weighted by Gasteiger charge is 2.35. The van der Waals surface area contributed by atoms with Gasteiger partial charge in [0.25, 0.3) is 0 Å². The molecule has 0 heteroatoms. The molecule has 0 bridgehead atoms. The average Bonchev–Trinajstić information content (AvgIpc) is 2.57. The predicted octanol–water partition coefficient (Wildman–Crippen LogP) is 8.15. The van der Waals surface area contributed by atoms with Gasteiger partial charge >= 0.3 is 0 Å². The standard InChI is InChI=1S/C23H44/c1-4-6-7-8-9-17-23(3)18-15-22(16-19-23)21-13-11-20(10-5-2)12-14-21/h20-22H,4-19H2,1-3H3/t20?,21?,22-,23-. The summed E-state index contributed by atoms with van der Waals surface area (Å²) < 4.78 is 0. The minimum absolute atomic E-state index is 0.697. The van der Waals surface area contributed by atoms with Crippen LogP contribution in [0.1, 0.15) is 124 Å². The summed E-state index contributed by atoms with van der Waals surface area (Å²) in [7, 11) is 0. The van der Waals surface area contributed by atoms with Crippen LogP contribution in [0.4, 0.5) is 0 Å². The maximum Gasteiger partial charge on any atom is -0.0326 e. The summed E-state index contributed by atoms with van der Waals surface area (Å²) in [6, 6.07) is 0. The molecule has 2 fully saturated rings. The lowest BCUT2D eigenvalue weighted by molar-refractivity contribution is 0.0951. The zero-order valence-corrected chi connectivity index (χ0v) is 16.5. The van der Waals surface area contributed by atoms with Gasteiger partial charge in [0.15, 0.2) is 0 Å². The maximum atomic E-state index is 2.60. The summed E-state index contributed by atoms with van der Waals surface area (Å²) >= 11 is 0. The molecule has 0 nitrogen and oxygen atoms in total. The fourth-order valence-corrected chi connectivity index (χ4v) is 5.57. The second-order valence-electron chi connectivity index (χ2n) is 9.38. The Bertz CT molecular complexity index is 289. The highest BCUT2D eigenvalue weighted by atomic mass is 14.4. The SMILES string of the molecule is CCCCCCC[C@]1(C)CC[C@@H](C2CCC(CCC)CC2)CC1. The molecule has 0 aromatic rings. The molecular formula is C23H44. The molecule has 0 spiro atoms. The van der Waals surface area contributed by atoms with E-state index < -0.39 is 0 Å². The molecule has 0 aromatic carbocycles. The molecule has 0 radical (unpaired) electrons.